The molecule has 3 amide bonds. The summed E-state index contributed by atoms with van der Waals surface area (Å²) in [5.74, 6) is -1.52. The van der Waals surface area contributed by atoms with Crippen molar-refractivity contribution < 1.29 is 19.5 Å². The highest BCUT2D eigenvalue weighted by atomic mass is 16.4. The maximum Gasteiger partial charge on any atom is 0.353 e. The van der Waals surface area contributed by atoms with Crippen molar-refractivity contribution in [1.29, 1.82) is 0 Å². The Morgan fingerprint density at radius 1 is 1.35 bits per heavy atom. The van der Waals surface area contributed by atoms with Crippen LogP contribution in [0.4, 0.5) is 10.5 Å². The number of pyridine rings is 1. The Hall–Kier alpha value is -2.97. The SMILES string of the molecule is O=C1CCN(c2cc(C(=O)O)n3cnnc3c2)C(=O)N1. The third-order valence-corrected chi connectivity index (χ3v) is 2.98. The van der Waals surface area contributed by atoms with Gasteiger partial charge in [-0.2, -0.15) is 0 Å². The van der Waals surface area contributed by atoms with Gasteiger partial charge < -0.3 is 5.11 Å². The number of nitrogens with one attached hydrogen (secondary N) is 1. The number of carboxylic acid groups (broad SMARTS) is 1. The molecule has 9 nitrogen and oxygen atoms in total. The van der Waals surface area contributed by atoms with Crippen molar-refractivity contribution in [3.63, 3.8) is 0 Å². The van der Waals surface area contributed by atoms with E-state index in [0.29, 0.717) is 11.3 Å². The van der Waals surface area contributed by atoms with Crippen LogP contribution < -0.4 is 10.2 Å². The van der Waals surface area contributed by atoms with E-state index in [4.69, 9.17) is 0 Å². The van der Waals surface area contributed by atoms with Crippen LogP contribution in [0, 0.1) is 0 Å². The average molecular weight is 275 g/mol. The van der Waals surface area contributed by atoms with Crippen LogP contribution in [0.1, 0.15) is 16.9 Å². The van der Waals surface area contributed by atoms with Crippen LogP contribution in [0.15, 0.2) is 18.5 Å². The molecule has 0 radical (unpaired) electrons. The average Bonchev–Trinajstić information content (AvgIpc) is 2.85. The van der Waals surface area contributed by atoms with Gasteiger partial charge in [-0.1, -0.05) is 0 Å². The van der Waals surface area contributed by atoms with Crippen LogP contribution in [-0.2, 0) is 4.79 Å². The second-order valence-corrected chi connectivity index (χ2v) is 4.22. The van der Waals surface area contributed by atoms with Gasteiger partial charge in [0.1, 0.15) is 12.0 Å². The fraction of sp³-hybridized carbons (Fsp3) is 0.182. The Kier molecular flexibility index (Phi) is 2.60. The van der Waals surface area contributed by atoms with Crippen molar-refractivity contribution in [2.24, 2.45) is 0 Å². The van der Waals surface area contributed by atoms with Crippen LogP contribution in [0.2, 0.25) is 0 Å². The lowest BCUT2D eigenvalue weighted by molar-refractivity contribution is -0.120. The number of carbonyl (C=O) groups excluding carboxylic acids is 2. The summed E-state index contributed by atoms with van der Waals surface area (Å²) in [6, 6.07) is 2.30. The molecule has 0 aliphatic carbocycles. The van der Waals surface area contributed by atoms with Crippen LogP contribution in [-0.4, -0.2) is 44.2 Å². The van der Waals surface area contributed by atoms with Crippen LogP contribution in [0.3, 0.4) is 0 Å². The topological polar surface area (TPSA) is 117 Å². The van der Waals surface area contributed by atoms with Gasteiger partial charge in [0.25, 0.3) is 0 Å². The summed E-state index contributed by atoms with van der Waals surface area (Å²) in [5.41, 5.74) is 0.602. The smallest absolute Gasteiger partial charge is 0.353 e. The van der Waals surface area contributed by atoms with E-state index in [0.717, 1.165) is 0 Å². The summed E-state index contributed by atoms with van der Waals surface area (Å²) in [7, 11) is 0. The molecule has 3 heterocycles. The molecule has 0 atom stereocenters. The molecular weight excluding hydrogens is 266 g/mol. The van der Waals surface area contributed by atoms with E-state index >= 15 is 0 Å². The number of urea groups is 1. The van der Waals surface area contributed by atoms with E-state index in [9.17, 15) is 19.5 Å². The standard InChI is InChI=1S/C11H9N5O4/c17-9-1-2-15(11(20)13-9)6-3-7(10(18)19)16-5-12-14-8(16)4-6/h3-5H,1-2H2,(H,18,19)(H,13,17,20). The largest absolute Gasteiger partial charge is 0.477 e. The summed E-state index contributed by atoms with van der Waals surface area (Å²) in [5, 5.41) is 18.8. The normalized spacial score (nSPS) is 15.5. The zero-order valence-electron chi connectivity index (χ0n) is 10.1. The van der Waals surface area contributed by atoms with Gasteiger partial charge in [0, 0.05) is 19.0 Å². The van der Waals surface area contributed by atoms with Gasteiger partial charge in [0.2, 0.25) is 5.91 Å². The highest BCUT2D eigenvalue weighted by Gasteiger charge is 2.25. The Morgan fingerprint density at radius 2 is 2.15 bits per heavy atom. The van der Waals surface area contributed by atoms with Gasteiger partial charge in [-0.3, -0.25) is 19.4 Å². The van der Waals surface area contributed by atoms with Crippen molar-refractivity contribution in [3.8, 4) is 0 Å². The number of aromatic carboxylic acids is 1. The highest BCUT2D eigenvalue weighted by Crippen LogP contribution is 2.21. The predicted molar refractivity (Wildman–Crippen MR) is 65.4 cm³/mol. The van der Waals surface area contributed by atoms with Crippen LogP contribution >= 0.6 is 0 Å². The van der Waals surface area contributed by atoms with Gasteiger partial charge in [0.15, 0.2) is 5.65 Å². The molecule has 0 unspecified atom stereocenters. The van der Waals surface area contributed by atoms with Crippen LogP contribution in [0.5, 0.6) is 0 Å². The minimum Gasteiger partial charge on any atom is -0.477 e. The Bertz CT molecular complexity index is 737. The van der Waals surface area contributed by atoms with E-state index in [2.05, 4.69) is 15.5 Å². The lowest BCUT2D eigenvalue weighted by atomic mass is 10.2. The number of anilines is 1. The molecule has 0 bridgehead atoms. The molecule has 9 heteroatoms. The maximum absolute atomic E-state index is 11.8. The minimum absolute atomic E-state index is 0.0628. The van der Waals surface area contributed by atoms with Gasteiger partial charge in [-0.25, -0.2) is 9.59 Å². The molecule has 1 saturated heterocycles. The minimum atomic E-state index is -1.16. The number of imide groups is 1. The van der Waals surface area contributed by atoms with Gasteiger partial charge in [-0.05, 0) is 6.07 Å². The first kappa shape index (κ1) is 12.1. The van der Waals surface area contributed by atoms with Crippen molar-refractivity contribution in [3.05, 3.63) is 24.2 Å². The molecule has 1 fully saturated rings. The number of aromatic nitrogens is 3. The number of fused-ring (bicyclic) bond motifs is 1. The molecule has 20 heavy (non-hydrogen) atoms. The molecule has 1 aliphatic rings. The van der Waals surface area contributed by atoms with Crippen molar-refractivity contribution >= 4 is 29.2 Å². The quantitative estimate of drug-likeness (QED) is 0.788. The highest BCUT2D eigenvalue weighted by molar-refractivity contribution is 6.06. The van der Waals surface area contributed by atoms with Crippen molar-refractivity contribution in [2.45, 2.75) is 6.42 Å². The number of carbonyl (C=O) groups is 3. The number of carboxylic acids is 1. The molecule has 0 aromatic carbocycles. The van der Waals surface area contributed by atoms with E-state index < -0.39 is 12.0 Å². The zero-order chi connectivity index (χ0) is 14.3. The van der Waals surface area contributed by atoms with Gasteiger partial charge >= 0.3 is 12.0 Å². The zero-order valence-corrected chi connectivity index (χ0v) is 10.1. The molecule has 0 saturated carbocycles. The third kappa shape index (κ3) is 1.85. The summed E-state index contributed by atoms with van der Waals surface area (Å²) >= 11 is 0. The number of hydrogen-bond donors (Lipinski definition) is 2. The van der Waals surface area contributed by atoms with E-state index in [1.807, 2.05) is 0 Å². The summed E-state index contributed by atoms with van der Waals surface area (Å²) in [6.45, 7) is 0.189. The molecule has 2 aromatic heterocycles. The molecule has 2 N–H and O–H groups in total. The molecule has 102 valence electrons. The second kappa shape index (κ2) is 4.30. The molecule has 2 aromatic rings. The van der Waals surface area contributed by atoms with E-state index in [-0.39, 0.29) is 24.6 Å². The third-order valence-electron chi connectivity index (χ3n) is 2.98. The van der Waals surface area contributed by atoms with Crippen LogP contribution in [0.25, 0.3) is 5.65 Å². The number of rotatable bonds is 2. The summed E-state index contributed by atoms with van der Waals surface area (Å²) in [6.07, 6.45) is 1.44. The lowest BCUT2D eigenvalue weighted by Gasteiger charge is -2.26. The van der Waals surface area contributed by atoms with Crippen molar-refractivity contribution in [2.75, 3.05) is 11.4 Å². The predicted octanol–water partition coefficient (Wildman–Crippen LogP) is -0.126. The number of amides is 3. The Balaban J connectivity index is 2.10. The lowest BCUT2D eigenvalue weighted by Crippen LogP contribution is -2.49. The Labute approximate surface area is 111 Å². The fourth-order valence-electron chi connectivity index (χ4n) is 2.04. The Morgan fingerprint density at radius 3 is 2.85 bits per heavy atom. The van der Waals surface area contributed by atoms with Gasteiger partial charge in [-0.15, -0.1) is 10.2 Å². The first-order valence-electron chi connectivity index (χ1n) is 5.74. The summed E-state index contributed by atoms with van der Waals surface area (Å²) in [4.78, 5) is 35.4. The molecule has 3 rings (SSSR count). The molecular formula is C11H9N5O4. The second-order valence-electron chi connectivity index (χ2n) is 4.22. The van der Waals surface area contributed by atoms with Crippen molar-refractivity contribution in [1.82, 2.24) is 19.9 Å². The number of hydrogen-bond acceptors (Lipinski definition) is 5. The first-order valence-corrected chi connectivity index (χ1v) is 5.74. The monoisotopic (exact) mass is 275 g/mol. The van der Waals surface area contributed by atoms with E-state index in [1.54, 1.807) is 0 Å². The maximum atomic E-state index is 11.8. The number of nitrogens with zero attached hydrogens (tertiary/aromatic N) is 4. The van der Waals surface area contributed by atoms with Gasteiger partial charge in [0.05, 0.1) is 5.69 Å². The summed E-state index contributed by atoms with van der Waals surface area (Å²) < 4.78 is 1.30. The first-order chi connectivity index (χ1) is 9.56. The molecule has 0 spiro atoms. The molecule has 1 aliphatic heterocycles. The van der Waals surface area contributed by atoms with E-state index in [1.165, 1.54) is 27.8 Å². The fourth-order valence-corrected chi connectivity index (χ4v) is 2.04.